The van der Waals surface area contributed by atoms with Gasteiger partial charge in [-0.2, -0.15) is 15.0 Å². The van der Waals surface area contributed by atoms with Crippen molar-refractivity contribution >= 4 is 47.4 Å². The molecule has 1 aromatic heterocycles. The van der Waals surface area contributed by atoms with Crippen LogP contribution < -0.4 is 0 Å². The summed E-state index contributed by atoms with van der Waals surface area (Å²) >= 11 is 5.00. The quantitative estimate of drug-likeness (QED) is 0.168. The SMILES string of the molecule is C=Cc1ccccc1.C=Cc1ccccc1.CCC(C)c1ccccc1.CCSc1nc(SCC)nc(SCC)n1. The third-order valence-electron chi connectivity index (χ3n) is 5.45. The number of hydrogen-bond donors (Lipinski definition) is 0. The van der Waals surface area contributed by atoms with E-state index in [1.807, 2.05) is 72.8 Å². The molecule has 0 spiro atoms. The highest BCUT2D eigenvalue weighted by atomic mass is 32.2. The molecule has 0 saturated carbocycles. The summed E-state index contributed by atoms with van der Waals surface area (Å²) in [6.07, 6.45) is 4.89. The number of aromatic nitrogens is 3. The maximum absolute atomic E-state index is 4.39. The molecule has 0 fully saturated rings. The smallest absolute Gasteiger partial charge is 0.192 e. The molecule has 1 heterocycles. The molecule has 0 bridgehead atoms. The summed E-state index contributed by atoms with van der Waals surface area (Å²) in [4.78, 5) is 13.2. The van der Waals surface area contributed by atoms with Crippen molar-refractivity contribution in [1.29, 1.82) is 0 Å². The monoisotopic (exact) mass is 603 g/mol. The first-order chi connectivity index (χ1) is 20.0. The Morgan fingerprint density at radius 2 is 0.878 bits per heavy atom. The number of rotatable bonds is 10. The van der Waals surface area contributed by atoms with Crippen LogP contribution in [0, 0.1) is 0 Å². The van der Waals surface area contributed by atoms with E-state index in [1.54, 1.807) is 35.3 Å². The zero-order chi connectivity index (χ0) is 30.1. The molecule has 0 aliphatic rings. The molecule has 6 heteroatoms. The second-order valence-corrected chi connectivity index (χ2v) is 12.1. The summed E-state index contributed by atoms with van der Waals surface area (Å²) in [6.45, 7) is 18.1. The van der Waals surface area contributed by atoms with Crippen LogP contribution in [-0.2, 0) is 0 Å². The molecule has 0 amide bonds. The van der Waals surface area contributed by atoms with Crippen molar-refractivity contribution in [3.63, 3.8) is 0 Å². The molecule has 4 aromatic rings. The lowest BCUT2D eigenvalue weighted by Crippen LogP contribution is -1.97. The van der Waals surface area contributed by atoms with Gasteiger partial charge < -0.3 is 0 Å². The van der Waals surface area contributed by atoms with E-state index >= 15 is 0 Å². The fraction of sp³-hybridized carbons (Fsp3) is 0.286. The first-order valence-electron chi connectivity index (χ1n) is 14.0. The zero-order valence-electron chi connectivity index (χ0n) is 25.2. The minimum atomic E-state index is 0.709. The molecule has 0 aliphatic carbocycles. The van der Waals surface area contributed by atoms with Crippen LogP contribution in [-0.4, -0.2) is 32.2 Å². The van der Waals surface area contributed by atoms with Gasteiger partial charge in [0.25, 0.3) is 0 Å². The summed E-state index contributed by atoms with van der Waals surface area (Å²) in [5, 5.41) is 2.54. The van der Waals surface area contributed by atoms with Crippen LogP contribution in [0.1, 0.15) is 63.6 Å². The summed E-state index contributed by atoms with van der Waals surface area (Å²) in [5.74, 6) is 3.70. The molecule has 3 aromatic carbocycles. The summed E-state index contributed by atoms with van der Waals surface area (Å²) < 4.78 is 0. The van der Waals surface area contributed by atoms with E-state index in [4.69, 9.17) is 0 Å². The highest BCUT2D eigenvalue weighted by Gasteiger charge is 2.06. The molecular weight excluding hydrogens is 559 g/mol. The maximum Gasteiger partial charge on any atom is 0.192 e. The van der Waals surface area contributed by atoms with Crippen LogP contribution in [0.15, 0.2) is 120 Å². The summed E-state index contributed by atoms with van der Waals surface area (Å²) in [6, 6.07) is 30.7. The first-order valence-corrected chi connectivity index (χ1v) is 17.0. The van der Waals surface area contributed by atoms with Gasteiger partial charge in [0.15, 0.2) is 15.5 Å². The van der Waals surface area contributed by atoms with E-state index < -0.39 is 0 Å². The van der Waals surface area contributed by atoms with Gasteiger partial charge in [0.1, 0.15) is 0 Å². The van der Waals surface area contributed by atoms with Crippen LogP contribution in [0.5, 0.6) is 0 Å². The number of nitrogens with zero attached hydrogens (tertiary/aromatic N) is 3. The molecule has 41 heavy (non-hydrogen) atoms. The van der Waals surface area contributed by atoms with Crippen molar-refractivity contribution < 1.29 is 0 Å². The molecule has 0 saturated heterocycles. The van der Waals surface area contributed by atoms with Gasteiger partial charge in [0, 0.05) is 0 Å². The molecule has 1 unspecified atom stereocenters. The lowest BCUT2D eigenvalue weighted by Gasteiger charge is -2.06. The third-order valence-corrected chi connectivity index (χ3v) is 7.63. The van der Waals surface area contributed by atoms with Crippen molar-refractivity contribution in [2.45, 2.75) is 62.4 Å². The zero-order valence-corrected chi connectivity index (χ0v) is 27.7. The molecule has 0 radical (unpaired) electrons. The van der Waals surface area contributed by atoms with Gasteiger partial charge in [-0.05, 0) is 46.3 Å². The Morgan fingerprint density at radius 3 is 1.12 bits per heavy atom. The number of thioether (sulfide) groups is 3. The Kier molecular flexibility index (Phi) is 21.1. The van der Waals surface area contributed by atoms with Gasteiger partial charge in [-0.3, -0.25) is 0 Å². The topological polar surface area (TPSA) is 38.7 Å². The van der Waals surface area contributed by atoms with Crippen molar-refractivity contribution in [2.75, 3.05) is 17.3 Å². The van der Waals surface area contributed by atoms with Crippen LogP contribution in [0.25, 0.3) is 12.2 Å². The van der Waals surface area contributed by atoms with Crippen molar-refractivity contribution in [2.24, 2.45) is 0 Å². The lowest BCUT2D eigenvalue weighted by molar-refractivity contribution is 0.718. The van der Waals surface area contributed by atoms with Crippen LogP contribution in [0.4, 0.5) is 0 Å². The van der Waals surface area contributed by atoms with Gasteiger partial charge in [0.05, 0.1) is 0 Å². The van der Waals surface area contributed by atoms with Crippen molar-refractivity contribution in [3.8, 4) is 0 Å². The van der Waals surface area contributed by atoms with Crippen LogP contribution >= 0.6 is 35.3 Å². The molecule has 0 N–H and O–H groups in total. The number of benzene rings is 3. The Hall–Kier alpha value is -2.80. The standard InChI is InChI=1S/C10H14.C9H15N3S3.2C8H8/c1-3-9(2)10-7-5-4-6-8-10;1-4-13-7-10-8(14-5-2)12-9(11-7)15-6-3;2*1-2-8-6-4-3-5-7-8/h4-9H,3H2,1-2H3;4-6H2,1-3H3;2*2-7H,1H2. The van der Waals surface area contributed by atoms with E-state index in [0.29, 0.717) is 5.92 Å². The predicted molar refractivity (Wildman–Crippen MR) is 187 cm³/mol. The maximum atomic E-state index is 4.39. The van der Waals surface area contributed by atoms with E-state index in [-0.39, 0.29) is 0 Å². The summed E-state index contributed by atoms with van der Waals surface area (Å²) in [7, 11) is 0. The highest BCUT2D eigenvalue weighted by Crippen LogP contribution is 2.22. The Labute approximate surface area is 261 Å². The fourth-order valence-corrected chi connectivity index (χ4v) is 4.95. The third kappa shape index (κ3) is 16.9. The van der Waals surface area contributed by atoms with Gasteiger partial charge in [-0.15, -0.1) is 0 Å². The van der Waals surface area contributed by atoms with Gasteiger partial charge >= 0.3 is 0 Å². The van der Waals surface area contributed by atoms with Gasteiger partial charge in [-0.1, -0.05) is 186 Å². The second-order valence-electron chi connectivity index (χ2n) is 8.43. The van der Waals surface area contributed by atoms with Gasteiger partial charge in [-0.25, -0.2) is 0 Å². The van der Waals surface area contributed by atoms with Crippen molar-refractivity contribution in [3.05, 3.63) is 121 Å². The fourth-order valence-electron chi connectivity index (χ4n) is 3.10. The Bertz CT molecular complexity index is 1100. The molecule has 3 nitrogen and oxygen atoms in total. The van der Waals surface area contributed by atoms with E-state index in [0.717, 1.165) is 32.7 Å². The highest BCUT2D eigenvalue weighted by molar-refractivity contribution is 8.00. The van der Waals surface area contributed by atoms with E-state index in [1.165, 1.54) is 23.1 Å². The van der Waals surface area contributed by atoms with Gasteiger partial charge in [0.2, 0.25) is 0 Å². The second kappa shape index (κ2) is 23.9. The molecule has 4 rings (SSSR count). The Balaban J connectivity index is 0.000000284. The lowest BCUT2D eigenvalue weighted by atomic mass is 9.99. The van der Waals surface area contributed by atoms with Crippen LogP contribution in [0.2, 0.25) is 0 Å². The summed E-state index contributed by atoms with van der Waals surface area (Å²) in [5.41, 5.74) is 3.80. The first kappa shape index (κ1) is 36.2. The predicted octanol–water partition coefficient (Wildman–Crippen LogP) is 11.1. The van der Waals surface area contributed by atoms with E-state index in [2.05, 4.69) is 93.1 Å². The molecule has 218 valence electrons. The van der Waals surface area contributed by atoms with Crippen LogP contribution in [0.3, 0.4) is 0 Å². The average Bonchev–Trinajstić information content (AvgIpc) is 3.03. The van der Waals surface area contributed by atoms with Crippen molar-refractivity contribution in [1.82, 2.24) is 15.0 Å². The average molecular weight is 604 g/mol. The molecule has 1 atom stereocenters. The minimum absolute atomic E-state index is 0.709. The van der Waals surface area contributed by atoms with E-state index in [9.17, 15) is 0 Å². The minimum Gasteiger partial charge on any atom is -0.196 e. The largest absolute Gasteiger partial charge is 0.196 e. The molecule has 0 aliphatic heterocycles. The normalized spacial score (nSPS) is 10.4. The molecular formula is C35H45N3S3. The number of hydrogen-bond acceptors (Lipinski definition) is 6. The Morgan fingerprint density at radius 1 is 0.561 bits per heavy atom.